The maximum absolute atomic E-state index is 7.12. The van der Waals surface area contributed by atoms with Crippen LogP contribution in [0.15, 0.2) is 79.0 Å². The molecule has 2 aromatic carbocycles. The predicted molar refractivity (Wildman–Crippen MR) is 125 cm³/mol. The van der Waals surface area contributed by atoms with Crippen LogP contribution in [0.3, 0.4) is 0 Å². The highest BCUT2D eigenvalue weighted by Gasteiger charge is 2.38. The van der Waals surface area contributed by atoms with E-state index in [0.29, 0.717) is 0 Å². The van der Waals surface area contributed by atoms with Crippen LogP contribution in [0.4, 0.5) is 5.69 Å². The number of benzene rings is 2. The van der Waals surface area contributed by atoms with Crippen molar-refractivity contribution in [1.82, 2.24) is 4.57 Å². The molecule has 3 nitrogen and oxygen atoms in total. The van der Waals surface area contributed by atoms with Crippen molar-refractivity contribution in [3.05, 3.63) is 90.3 Å². The van der Waals surface area contributed by atoms with Gasteiger partial charge in [0.05, 0.1) is 5.70 Å². The van der Waals surface area contributed by atoms with Crippen LogP contribution < -0.4 is 4.90 Å². The molecule has 0 spiro atoms. The van der Waals surface area contributed by atoms with Gasteiger partial charge < -0.3 is 8.99 Å². The Hall–Kier alpha value is -2.56. The molecule has 2 heterocycles. The van der Waals surface area contributed by atoms with Crippen LogP contribution in [0.5, 0.6) is 0 Å². The van der Waals surface area contributed by atoms with E-state index in [1.54, 1.807) is 0 Å². The number of para-hydroxylation sites is 1. The van der Waals surface area contributed by atoms with E-state index in [1.165, 1.54) is 17.0 Å². The van der Waals surface area contributed by atoms with Crippen molar-refractivity contribution in [2.45, 2.75) is 45.3 Å². The minimum atomic E-state index is -1.84. The maximum atomic E-state index is 7.12. The van der Waals surface area contributed by atoms with E-state index < -0.39 is 8.32 Å². The molecule has 150 valence electrons. The van der Waals surface area contributed by atoms with Crippen molar-refractivity contribution in [1.29, 1.82) is 0 Å². The molecular weight excluding hydrogens is 372 g/mol. The first-order valence-corrected chi connectivity index (χ1v) is 13.2. The number of anilines is 1. The molecule has 1 aromatic heterocycles. The Labute approximate surface area is 175 Å². The summed E-state index contributed by atoms with van der Waals surface area (Å²) in [5.74, 6) is 0. The number of rotatable bonds is 7. The molecule has 1 unspecified atom stereocenters. The number of fused-ring (bicyclic) bond motifs is 1. The number of hydrogen-bond acceptors (Lipinski definition) is 2. The van der Waals surface area contributed by atoms with Crippen molar-refractivity contribution < 1.29 is 4.43 Å². The molecule has 0 bridgehead atoms. The number of aromatic nitrogens is 1. The van der Waals surface area contributed by atoms with Crippen molar-refractivity contribution in [3.8, 4) is 0 Å². The third-order valence-corrected chi connectivity index (χ3v) is 10.8. The summed E-state index contributed by atoms with van der Waals surface area (Å²) in [4.78, 5) is 2.37. The van der Waals surface area contributed by atoms with E-state index in [9.17, 15) is 0 Å². The summed E-state index contributed by atoms with van der Waals surface area (Å²) < 4.78 is 9.40. The summed E-state index contributed by atoms with van der Waals surface area (Å²) in [6, 6.07) is 28.9. The fraction of sp³-hybridized carbons (Fsp3) is 0.280. The lowest BCUT2D eigenvalue weighted by atomic mass is 10.1. The van der Waals surface area contributed by atoms with Crippen molar-refractivity contribution in [3.63, 3.8) is 0 Å². The van der Waals surface area contributed by atoms with Gasteiger partial charge in [0.25, 0.3) is 0 Å². The van der Waals surface area contributed by atoms with Gasteiger partial charge in [-0.3, -0.25) is 4.90 Å². The van der Waals surface area contributed by atoms with E-state index >= 15 is 0 Å². The second-order valence-electron chi connectivity index (χ2n) is 7.63. The maximum Gasteiger partial charge on any atom is 0.209 e. The summed E-state index contributed by atoms with van der Waals surface area (Å²) in [6.07, 6.45) is 4.25. The Morgan fingerprint density at radius 1 is 0.793 bits per heavy atom. The molecule has 4 rings (SSSR count). The second-order valence-corrected chi connectivity index (χ2v) is 12.4. The molecular formula is C25H30N2OSi. The highest BCUT2D eigenvalue weighted by molar-refractivity contribution is 6.73. The van der Waals surface area contributed by atoms with E-state index in [-0.39, 0.29) is 6.35 Å². The van der Waals surface area contributed by atoms with Crippen molar-refractivity contribution >= 4 is 25.8 Å². The van der Waals surface area contributed by atoms with Crippen LogP contribution >= 0.6 is 0 Å². The zero-order valence-corrected chi connectivity index (χ0v) is 18.6. The quantitative estimate of drug-likeness (QED) is 0.396. The molecule has 0 saturated carbocycles. The summed E-state index contributed by atoms with van der Waals surface area (Å²) in [5.41, 5.74) is 4.72. The van der Waals surface area contributed by atoms with Gasteiger partial charge in [0, 0.05) is 17.6 Å². The lowest BCUT2D eigenvalue weighted by Gasteiger charge is -2.44. The summed E-state index contributed by atoms with van der Waals surface area (Å²) in [7, 11) is -1.84. The van der Waals surface area contributed by atoms with Gasteiger partial charge in [-0.15, -0.1) is 0 Å². The monoisotopic (exact) mass is 402 g/mol. The molecule has 0 N–H and O–H groups in total. The molecule has 0 saturated heterocycles. The number of nitrogens with zero attached hydrogens (tertiary/aromatic N) is 2. The fourth-order valence-corrected chi connectivity index (χ4v) is 6.87. The SMILES string of the molecule is CC[Si](CC)(CC)OC1N(c2ccccc2)C(c2ccccc2)=Cc2cccn21. The predicted octanol–water partition coefficient (Wildman–Crippen LogP) is 6.98. The summed E-state index contributed by atoms with van der Waals surface area (Å²) in [5, 5.41) is 0. The van der Waals surface area contributed by atoms with Crippen LogP contribution in [0.25, 0.3) is 11.8 Å². The zero-order chi connectivity index (χ0) is 20.3. The van der Waals surface area contributed by atoms with Crippen LogP contribution in [0.2, 0.25) is 18.1 Å². The normalized spacial score (nSPS) is 16.4. The Kier molecular flexibility index (Phi) is 5.74. The molecule has 0 amide bonds. The molecule has 1 aliphatic heterocycles. The van der Waals surface area contributed by atoms with Gasteiger partial charge in [0.15, 0.2) is 8.32 Å². The van der Waals surface area contributed by atoms with E-state index in [1.807, 2.05) is 0 Å². The Bertz CT molecular complexity index is 952. The molecule has 1 atom stereocenters. The Balaban J connectivity index is 1.89. The third-order valence-electron chi connectivity index (χ3n) is 6.21. The van der Waals surface area contributed by atoms with Crippen molar-refractivity contribution in [2.75, 3.05) is 4.90 Å². The third kappa shape index (κ3) is 3.70. The molecule has 3 aromatic rings. The summed E-state index contributed by atoms with van der Waals surface area (Å²) in [6.45, 7) is 6.87. The fourth-order valence-electron chi connectivity index (χ4n) is 4.20. The molecule has 0 fully saturated rings. The van der Waals surface area contributed by atoms with E-state index in [2.05, 4.69) is 115 Å². The van der Waals surface area contributed by atoms with Gasteiger partial charge in [-0.25, -0.2) is 0 Å². The van der Waals surface area contributed by atoms with Crippen LogP contribution in [-0.2, 0) is 4.43 Å². The number of hydrogen-bond donors (Lipinski definition) is 0. The highest BCUT2D eigenvalue weighted by Crippen LogP contribution is 2.41. The lowest BCUT2D eigenvalue weighted by molar-refractivity contribution is 0.123. The van der Waals surface area contributed by atoms with Gasteiger partial charge in [-0.2, -0.15) is 0 Å². The van der Waals surface area contributed by atoms with E-state index in [0.717, 1.165) is 23.8 Å². The minimum absolute atomic E-state index is 0.172. The molecule has 0 radical (unpaired) electrons. The average molecular weight is 403 g/mol. The van der Waals surface area contributed by atoms with E-state index in [4.69, 9.17) is 4.43 Å². The molecule has 0 aliphatic carbocycles. The van der Waals surface area contributed by atoms with Gasteiger partial charge in [0.1, 0.15) is 0 Å². The van der Waals surface area contributed by atoms with Crippen molar-refractivity contribution in [2.24, 2.45) is 0 Å². The van der Waals surface area contributed by atoms with Gasteiger partial charge >= 0.3 is 0 Å². The Morgan fingerprint density at radius 3 is 2.03 bits per heavy atom. The van der Waals surface area contributed by atoms with Gasteiger partial charge in [-0.05, 0) is 54.0 Å². The molecule has 1 aliphatic rings. The Morgan fingerprint density at radius 2 is 1.41 bits per heavy atom. The largest absolute Gasteiger partial charge is 0.381 e. The van der Waals surface area contributed by atoms with Gasteiger partial charge in [-0.1, -0.05) is 69.3 Å². The van der Waals surface area contributed by atoms with Gasteiger partial charge in [0.2, 0.25) is 6.35 Å². The van der Waals surface area contributed by atoms with Crippen LogP contribution in [0, 0.1) is 0 Å². The topological polar surface area (TPSA) is 17.4 Å². The first-order chi connectivity index (χ1) is 14.2. The first-order valence-electron chi connectivity index (χ1n) is 10.7. The summed E-state index contributed by atoms with van der Waals surface area (Å²) >= 11 is 0. The first kappa shape index (κ1) is 19.7. The van der Waals surface area contributed by atoms with Crippen LogP contribution in [0.1, 0.15) is 38.4 Å². The second kappa shape index (κ2) is 8.43. The highest BCUT2D eigenvalue weighted by atomic mass is 28.4. The zero-order valence-electron chi connectivity index (χ0n) is 17.6. The standard InChI is InChI=1S/C25H30N2OSi/c1-4-29(5-2,6-3)28-25-26-19-13-18-23(26)20-24(21-14-9-7-10-15-21)27(25)22-16-11-8-12-17-22/h7-20,25H,4-6H2,1-3H3. The molecule has 29 heavy (non-hydrogen) atoms. The van der Waals surface area contributed by atoms with Crippen LogP contribution in [-0.4, -0.2) is 12.9 Å². The minimum Gasteiger partial charge on any atom is -0.381 e. The lowest BCUT2D eigenvalue weighted by Crippen LogP contribution is -2.45. The molecule has 4 heteroatoms. The smallest absolute Gasteiger partial charge is 0.209 e. The average Bonchev–Trinajstić information content (AvgIpc) is 3.27.